The summed E-state index contributed by atoms with van der Waals surface area (Å²) < 4.78 is 37.8. The number of aromatic nitrogens is 3. The van der Waals surface area contributed by atoms with Crippen LogP contribution < -0.4 is 28.7 Å². The number of halogens is 1. The smallest absolute Gasteiger partial charge is 0.258 e. The Kier molecular flexibility index (Phi) is 8.06. The number of non-ortho nitro benzene ring substituents is 1. The van der Waals surface area contributed by atoms with E-state index in [4.69, 9.17) is 23.7 Å². The number of nitrogens with zero attached hydrogens (tertiary/aromatic N) is 4. The summed E-state index contributed by atoms with van der Waals surface area (Å²) in [7, 11) is -4.94. The molecule has 12 heteroatoms. The lowest BCUT2D eigenvalue weighted by Gasteiger charge is -2.17. The van der Waals surface area contributed by atoms with E-state index in [9.17, 15) is 10.1 Å². The molecule has 4 aromatic carbocycles. The molecule has 192 valence electrons. The van der Waals surface area contributed by atoms with Crippen LogP contribution in [-0.2, 0) is 0 Å². The van der Waals surface area contributed by atoms with Gasteiger partial charge in [-0.2, -0.15) is 0 Å². The van der Waals surface area contributed by atoms with Gasteiger partial charge in [-0.1, -0.05) is 59.3 Å². The summed E-state index contributed by atoms with van der Waals surface area (Å²) in [5.41, 5.74) is 6.95. The SMILES string of the molecule is O=[N+]([O-])c1ccc(N[n+]2c(-c3ccccc3)nn(-c3ccccc3)c2-c2ccccc2)cc1.[O-][Cl+3]([O-])([O-])[O-]. The predicted molar refractivity (Wildman–Crippen MR) is 127 cm³/mol. The van der Waals surface area contributed by atoms with Crippen LogP contribution in [0.5, 0.6) is 0 Å². The first-order chi connectivity index (χ1) is 18.2. The lowest BCUT2D eigenvalue weighted by Crippen LogP contribution is -2.68. The molecule has 1 aromatic heterocycles. The molecule has 0 atom stereocenters. The zero-order chi connectivity index (χ0) is 27.1. The molecule has 0 fully saturated rings. The fourth-order valence-corrected chi connectivity index (χ4v) is 3.64. The minimum Gasteiger partial charge on any atom is -0.258 e. The highest BCUT2D eigenvalue weighted by Gasteiger charge is 2.30. The van der Waals surface area contributed by atoms with Gasteiger partial charge in [0.25, 0.3) is 11.5 Å². The van der Waals surface area contributed by atoms with Crippen molar-refractivity contribution in [3.63, 3.8) is 0 Å². The Labute approximate surface area is 219 Å². The second-order valence-corrected chi connectivity index (χ2v) is 8.51. The van der Waals surface area contributed by atoms with Gasteiger partial charge in [0.15, 0.2) is 0 Å². The Balaban J connectivity index is 0.000000617. The molecule has 1 heterocycles. The number of benzene rings is 4. The quantitative estimate of drug-likeness (QED) is 0.187. The molecule has 0 bridgehead atoms. The molecule has 0 aliphatic rings. The van der Waals surface area contributed by atoms with Crippen LogP contribution in [0, 0.1) is 20.4 Å². The molecule has 0 amide bonds. The molecule has 5 rings (SSSR count). The number of hydrogen-bond donors (Lipinski definition) is 1. The molecular weight excluding hydrogens is 514 g/mol. The third-order valence-electron chi connectivity index (χ3n) is 5.20. The van der Waals surface area contributed by atoms with Gasteiger partial charge in [-0.25, -0.2) is 24.1 Å². The predicted octanol–water partition coefficient (Wildman–Crippen LogP) is 0.521. The minimum atomic E-state index is -4.94. The van der Waals surface area contributed by atoms with Gasteiger partial charge in [0.05, 0.1) is 26.8 Å². The first-order valence-electron chi connectivity index (χ1n) is 11.1. The Hall–Kier alpha value is -4.65. The lowest BCUT2D eigenvalue weighted by atomic mass is 10.2. The lowest BCUT2D eigenvalue weighted by molar-refractivity contribution is -2.00. The molecular formula is C26H20ClN5O6. The Morgan fingerprint density at radius 1 is 0.711 bits per heavy atom. The average molecular weight is 534 g/mol. The Morgan fingerprint density at radius 2 is 1.18 bits per heavy atom. The number of nitrogens with one attached hydrogen (secondary N) is 1. The van der Waals surface area contributed by atoms with Crippen LogP contribution in [0.1, 0.15) is 0 Å². The van der Waals surface area contributed by atoms with Gasteiger partial charge in [-0.3, -0.25) is 10.1 Å². The molecule has 0 saturated carbocycles. The molecule has 11 nitrogen and oxygen atoms in total. The number of nitro groups is 1. The fraction of sp³-hybridized carbons (Fsp3) is 0. The van der Waals surface area contributed by atoms with Crippen molar-refractivity contribution in [1.82, 2.24) is 9.78 Å². The van der Waals surface area contributed by atoms with E-state index < -0.39 is 15.2 Å². The molecule has 0 spiro atoms. The number of nitro benzene ring substituents is 1. The highest BCUT2D eigenvalue weighted by molar-refractivity contribution is 5.60. The average Bonchev–Trinajstić information content (AvgIpc) is 3.28. The van der Waals surface area contributed by atoms with Crippen molar-refractivity contribution < 1.29 is 38.5 Å². The van der Waals surface area contributed by atoms with Gasteiger partial charge < -0.3 is 0 Å². The molecule has 1 N–H and O–H groups in total. The summed E-state index contributed by atoms with van der Waals surface area (Å²) >= 11 is 0. The second kappa shape index (κ2) is 11.6. The minimum absolute atomic E-state index is 0.0390. The first kappa shape index (κ1) is 26.4. The van der Waals surface area contributed by atoms with Crippen LogP contribution in [-0.4, -0.2) is 14.7 Å². The summed E-state index contributed by atoms with van der Waals surface area (Å²) in [6, 6.07) is 36.2. The second-order valence-electron chi connectivity index (χ2n) is 7.76. The van der Waals surface area contributed by atoms with Crippen molar-refractivity contribution >= 4 is 11.4 Å². The summed E-state index contributed by atoms with van der Waals surface area (Å²) in [6.45, 7) is 0. The highest BCUT2D eigenvalue weighted by atomic mass is 35.7. The van der Waals surface area contributed by atoms with E-state index in [2.05, 4.69) is 5.43 Å². The van der Waals surface area contributed by atoms with Crippen LogP contribution in [0.3, 0.4) is 0 Å². The maximum absolute atomic E-state index is 11.1. The maximum Gasteiger partial charge on any atom is 0.331 e. The Bertz CT molecular complexity index is 1490. The fourth-order valence-electron chi connectivity index (χ4n) is 3.64. The standard InChI is InChI=1S/C26H20N5O2.ClHO4/c32-31(33)24-18-16-22(17-19-24)27-30-25(20-10-4-1-5-11-20)28-29(23-14-8-3-9-15-23)26(30)21-12-6-2-7-13-21;2-1(3,4)5/h1-19,27H;(H,2,3,4,5)/q+1;/p-1. The van der Waals surface area contributed by atoms with Gasteiger partial charge >= 0.3 is 5.82 Å². The number of hydrogen-bond acceptors (Lipinski definition) is 8. The molecule has 0 aliphatic heterocycles. The van der Waals surface area contributed by atoms with Gasteiger partial charge in [0.1, 0.15) is 5.69 Å². The van der Waals surface area contributed by atoms with Crippen LogP contribution in [0.4, 0.5) is 11.4 Å². The third-order valence-corrected chi connectivity index (χ3v) is 5.20. The van der Waals surface area contributed by atoms with Crippen molar-refractivity contribution in [2.45, 2.75) is 0 Å². The third kappa shape index (κ3) is 6.76. The van der Waals surface area contributed by atoms with Gasteiger partial charge in [-0.05, 0) is 48.5 Å². The monoisotopic (exact) mass is 533 g/mol. The maximum atomic E-state index is 11.1. The highest BCUT2D eigenvalue weighted by Crippen LogP contribution is 2.24. The van der Waals surface area contributed by atoms with E-state index in [0.717, 1.165) is 22.6 Å². The number of anilines is 1. The van der Waals surface area contributed by atoms with Crippen LogP contribution in [0.2, 0.25) is 0 Å². The van der Waals surface area contributed by atoms with E-state index >= 15 is 0 Å². The summed E-state index contributed by atoms with van der Waals surface area (Å²) in [5.74, 6) is 1.52. The van der Waals surface area contributed by atoms with E-state index in [1.54, 1.807) is 12.1 Å². The van der Waals surface area contributed by atoms with Gasteiger partial charge in [0.2, 0.25) is 0 Å². The molecule has 0 unspecified atom stereocenters. The zero-order valence-electron chi connectivity index (χ0n) is 19.6. The summed E-state index contributed by atoms with van der Waals surface area (Å²) in [4.78, 5) is 10.7. The van der Waals surface area contributed by atoms with E-state index in [1.807, 2.05) is 100 Å². The van der Waals surface area contributed by atoms with Crippen LogP contribution >= 0.6 is 0 Å². The largest absolute Gasteiger partial charge is 0.331 e. The molecule has 5 aromatic rings. The van der Waals surface area contributed by atoms with Gasteiger partial charge in [-0.15, -0.1) is 14.9 Å². The van der Waals surface area contributed by atoms with Crippen LogP contribution in [0.25, 0.3) is 28.5 Å². The van der Waals surface area contributed by atoms with Crippen molar-refractivity contribution in [2.24, 2.45) is 0 Å². The molecule has 0 saturated heterocycles. The summed E-state index contributed by atoms with van der Waals surface area (Å²) in [6.07, 6.45) is 0. The van der Waals surface area contributed by atoms with Crippen molar-refractivity contribution in [1.29, 1.82) is 0 Å². The van der Waals surface area contributed by atoms with E-state index in [-0.39, 0.29) is 5.69 Å². The zero-order valence-corrected chi connectivity index (χ0v) is 20.3. The van der Waals surface area contributed by atoms with Crippen molar-refractivity contribution in [2.75, 3.05) is 5.43 Å². The normalized spacial score (nSPS) is 10.8. The van der Waals surface area contributed by atoms with Gasteiger partial charge in [0, 0.05) is 12.1 Å². The van der Waals surface area contributed by atoms with E-state index in [0.29, 0.717) is 11.5 Å². The number of para-hydroxylation sites is 1. The Morgan fingerprint density at radius 3 is 1.68 bits per heavy atom. The van der Waals surface area contributed by atoms with Crippen molar-refractivity contribution in [3.8, 4) is 28.5 Å². The van der Waals surface area contributed by atoms with Crippen LogP contribution in [0.15, 0.2) is 115 Å². The van der Waals surface area contributed by atoms with E-state index in [1.165, 1.54) is 12.1 Å². The topological polar surface area (TPSA) is 169 Å². The summed E-state index contributed by atoms with van der Waals surface area (Å²) in [5, 5.41) is 16.1. The van der Waals surface area contributed by atoms with Crippen molar-refractivity contribution in [3.05, 3.63) is 125 Å². The molecule has 0 aliphatic carbocycles. The number of rotatable bonds is 6. The molecule has 38 heavy (non-hydrogen) atoms. The first-order valence-corrected chi connectivity index (χ1v) is 12.3. The molecule has 0 radical (unpaired) electrons.